The lowest BCUT2D eigenvalue weighted by molar-refractivity contribution is 0.398. The molecule has 0 atom stereocenters. The molecule has 25 heavy (non-hydrogen) atoms. The van der Waals surface area contributed by atoms with Crippen LogP contribution in [-0.4, -0.2) is 26.7 Å². The fourth-order valence-corrected chi connectivity index (χ4v) is 2.58. The van der Waals surface area contributed by atoms with E-state index in [0.717, 1.165) is 34.0 Å². The number of hydrogen-bond donors (Lipinski definition) is 2. The maximum atomic E-state index is 5.76. The Morgan fingerprint density at radius 3 is 2.56 bits per heavy atom. The molecule has 4 rings (SSSR count). The molecule has 0 aliphatic heterocycles. The summed E-state index contributed by atoms with van der Waals surface area (Å²) in [5, 5.41) is 7.76. The molecule has 1 aromatic carbocycles. The third kappa shape index (κ3) is 2.83. The fraction of sp³-hybridized carbons (Fsp3) is 0.0556. The van der Waals surface area contributed by atoms with Crippen LogP contribution < -0.4 is 15.8 Å². The minimum atomic E-state index is 0.565. The zero-order valence-corrected chi connectivity index (χ0v) is 13.5. The van der Waals surface area contributed by atoms with Crippen LogP contribution in [-0.2, 0) is 0 Å². The molecule has 0 spiro atoms. The number of ether oxygens (including phenoxy) is 1. The lowest BCUT2D eigenvalue weighted by Gasteiger charge is -2.08. The maximum Gasteiger partial charge on any atom is 0.213 e. The van der Waals surface area contributed by atoms with E-state index in [1.54, 1.807) is 36.3 Å². The molecule has 3 N–H and O–H groups in total. The standard InChI is InChI=1S/C18H16N6O/c1-25-17-7-6-14(10-21-17)23-16-8-9-20-18-15(11-22-24(16)18)12-2-4-13(19)5-3-12/h2-11,23H,19H2,1H3. The number of hydrogen-bond acceptors (Lipinski definition) is 6. The van der Waals surface area contributed by atoms with E-state index >= 15 is 0 Å². The van der Waals surface area contributed by atoms with Crippen molar-refractivity contribution in [2.75, 3.05) is 18.2 Å². The van der Waals surface area contributed by atoms with Crippen LogP contribution >= 0.6 is 0 Å². The molecular weight excluding hydrogens is 316 g/mol. The van der Waals surface area contributed by atoms with Gasteiger partial charge in [0, 0.05) is 23.5 Å². The van der Waals surface area contributed by atoms with Gasteiger partial charge in [-0.05, 0) is 29.8 Å². The molecule has 0 radical (unpaired) electrons. The number of fused-ring (bicyclic) bond motifs is 1. The van der Waals surface area contributed by atoms with E-state index < -0.39 is 0 Å². The van der Waals surface area contributed by atoms with Gasteiger partial charge in [0.05, 0.1) is 25.2 Å². The zero-order valence-electron chi connectivity index (χ0n) is 13.5. The van der Waals surface area contributed by atoms with Crippen LogP contribution in [0.5, 0.6) is 5.88 Å². The Morgan fingerprint density at radius 1 is 1.00 bits per heavy atom. The van der Waals surface area contributed by atoms with Crippen molar-refractivity contribution >= 4 is 22.8 Å². The Balaban J connectivity index is 1.72. The second-order valence-electron chi connectivity index (χ2n) is 5.46. The highest BCUT2D eigenvalue weighted by Gasteiger charge is 2.11. The van der Waals surface area contributed by atoms with E-state index in [1.807, 2.05) is 36.4 Å². The van der Waals surface area contributed by atoms with Crippen LogP contribution in [0.15, 0.2) is 61.1 Å². The van der Waals surface area contributed by atoms with Gasteiger partial charge in [0.15, 0.2) is 5.65 Å². The van der Waals surface area contributed by atoms with Gasteiger partial charge in [0.2, 0.25) is 5.88 Å². The van der Waals surface area contributed by atoms with E-state index in [2.05, 4.69) is 20.4 Å². The third-order valence-electron chi connectivity index (χ3n) is 3.84. The van der Waals surface area contributed by atoms with Gasteiger partial charge in [-0.2, -0.15) is 9.61 Å². The Kier molecular flexibility index (Phi) is 3.66. The van der Waals surface area contributed by atoms with E-state index in [1.165, 1.54) is 0 Å². The number of nitrogen functional groups attached to an aromatic ring is 1. The van der Waals surface area contributed by atoms with Crippen LogP contribution in [0.4, 0.5) is 17.2 Å². The molecule has 0 aliphatic carbocycles. The summed E-state index contributed by atoms with van der Waals surface area (Å²) in [5.74, 6) is 1.36. The van der Waals surface area contributed by atoms with Crippen molar-refractivity contribution in [3.05, 3.63) is 61.1 Å². The van der Waals surface area contributed by atoms with Gasteiger partial charge in [-0.3, -0.25) is 0 Å². The average molecular weight is 332 g/mol. The third-order valence-corrected chi connectivity index (χ3v) is 3.84. The molecule has 7 nitrogen and oxygen atoms in total. The van der Waals surface area contributed by atoms with Crippen molar-refractivity contribution in [2.45, 2.75) is 0 Å². The molecule has 124 valence electrons. The molecule has 3 heterocycles. The molecule has 0 saturated carbocycles. The van der Waals surface area contributed by atoms with E-state index in [4.69, 9.17) is 10.5 Å². The summed E-state index contributed by atoms with van der Waals surface area (Å²) in [6.45, 7) is 0. The van der Waals surface area contributed by atoms with Gasteiger partial charge < -0.3 is 15.8 Å². The summed E-state index contributed by atoms with van der Waals surface area (Å²) in [4.78, 5) is 8.66. The van der Waals surface area contributed by atoms with E-state index in [0.29, 0.717) is 5.88 Å². The number of nitrogens with two attached hydrogens (primary N) is 1. The Bertz CT molecular complexity index is 1010. The van der Waals surface area contributed by atoms with Crippen molar-refractivity contribution in [1.29, 1.82) is 0 Å². The number of benzene rings is 1. The minimum Gasteiger partial charge on any atom is -0.481 e. The molecule has 0 aliphatic rings. The summed E-state index contributed by atoms with van der Waals surface area (Å²) in [6.07, 6.45) is 5.25. The largest absolute Gasteiger partial charge is 0.481 e. The number of nitrogens with one attached hydrogen (secondary N) is 1. The fourth-order valence-electron chi connectivity index (χ4n) is 2.58. The van der Waals surface area contributed by atoms with Crippen LogP contribution in [0.1, 0.15) is 0 Å². The van der Waals surface area contributed by atoms with Crippen molar-refractivity contribution in [2.24, 2.45) is 0 Å². The van der Waals surface area contributed by atoms with Crippen molar-refractivity contribution in [3.8, 4) is 17.0 Å². The number of rotatable bonds is 4. The van der Waals surface area contributed by atoms with Crippen LogP contribution in [0, 0.1) is 0 Å². The highest BCUT2D eigenvalue weighted by molar-refractivity contribution is 5.79. The van der Waals surface area contributed by atoms with Gasteiger partial charge in [0.1, 0.15) is 5.82 Å². The van der Waals surface area contributed by atoms with Crippen molar-refractivity contribution < 1.29 is 4.74 Å². The second-order valence-corrected chi connectivity index (χ2v) is 5.46. The van der Waals surface area contributed by atoms with E-state index in [9.17, 15) is 0 Å². The topological polar surface area (TPSA) is 90.4 Å². The van der Waals surface area contributed by atoms with Crippen molar-refractivity contribution in [3.63, 3.8) is 0 Å². The summed E-state index contributed by atoms with van der Waals surface area (Å²) < 4.78 is 6.83. The van der Waals surface area contributed by atoms with Crippen LogP contribution in [0.25, 0.3) is 16.8 Å². The van der Waals surface area contributed by atoms with Gasteiger partial charge in [-0.1, -0.05) is 12.1 Å². The van der Waals surface area contributed by atoms with Crippen LogP contribution in [0.2, 0.25) is 0 Å². The quantitative estimate of drug-likeness (QED) is 0.558. The molecule has 0 saturated heterocycles. The Morgan fingerprint density at radius 2 is 1.84 bits per heavy atom. The summed E-state index contributed by atoms with van der Waals surface area (Å²) in [6, 6.07) is 13.2. The monoisotopic (exact) mass is 332 g/mol. The SMILES string of the molecule is COc1ccc(Nc2ccnc3c(-c4ccc(N)cc4)cnn23)cn1. The maximum absolute atomic E-state index is 5.76. The molecule has 0 bridgehead atoms. The molecule has 7 heteroatoms. The lowest BCUT2D eigenvalue weighted by atomic mass is 10.1. The van der Waals surface area contributed by atoms with Gasteiger partial charge >= 0.3 is 0 Å². The first kappa shape index (κ1) is 14.9. The predicted octanol–water partition coefficient (Wildman–Crippen LogP) is 3.13. The zero-order chi connectivity index (χ0) is 17.2. The first-order valence-corrected chi connectivity index (χ1v) is 7.70. The number of anilines is 3. The Labute approximate surface area is 144 Å². The number of aromatic nitrogens is 4. The number of nitrogens with zero attached hydrogens (tertiary/aromatic N) is 4. The number of pyridine rings is 1. The van der Waals surface area contributed by atoms with Gasteiger partial charge in [0.25, 0.3) is 0 Å². The summed E-state index contributed by atoms with van der Waals surface area (Å²) in [7, 11) is 1.59. The Hall–Kier alpha value is -3.61. The normalized spacial score (nSPS) is 10.8. The molecular formula is C18H16N6O. The molecule has 4 aromatic rings. The molecule has 0 fully saturated rings. The minimum absolute atomic E-state index is 0.565. The second kappa shape index (κ2) is 6.12. The smallest absolute Gasteiger partial charge is 0.213 e. The van der Waals surface area contributed by atoms with E-state index in [-0.39, 0.29) is 0 Å². The molecule has 0 unspecified atom stereocenters. The van der Waals surface area contributed by atoms with Gasteiger partial charge in [-0.15, -0.1) is 0 Å². The highest BCUT2D eigenvalue weighted by Crippen LogP contribution is 2.26. The summed E-state index contributed by atoms with van der Waals surface area (Å²) >= 11 is 0. The first-order chi connectivity index (χ1) is 12.2. The molecule has 0 amide bonds. The van der Waals surface area contributed by atoms with Crippen molar-refractivity contribution in [1.82, 2.24) is 19.6 Å². The predicted molar refractivity (Wildman–Crippen MR) is 96.9 cm³/mol. The number of methoxy groups -OCH3 is 1. The summed E-state index contributed by atoms with van der Waals surface area (Å²) in [5.41, 5.74) is 10.0. The highest BCUT2D eigenvalue weighted by atomic mass is 16.5. The van der Waals surface area contributed by atoms with Crippen LogP contribution in [0.3, 0.4) is 0 Å². The first-order valence-electron chi connectivity index (χ1n) is 7.70. The van der Waals surface area contributed by atoms with Gasteiger partial charge in [-0.25, -0.2) is 9.97 Å². The molecule has 3 aromatic heterocycles. The lowest BCUT2D eigenvalue weighted by Crippen LogP contribution is -2.01. The average Bonchev–Trinajstić information content (AvgIpc) is 3.08.